The van der Waals surface area contributed by atoms with Crippen molar-refractivity contribution < 1.29 is 9.47 Å². The highest BCUT2D eigenvalue weighted by Gasteiger charge is 2.21. The van der Waals surface area contributed by atoms with E-state index < -0.39 is 0 Å². The van der Waals surface area contributed by atoms with Crippen molar-refractivity contribution in [1.29, 1.82) is 0 Å². The molecular formula is C14H27N3O2. The first-order valence-electron chi connectivity index (χ1n) is 7.51. The normalized spacial score (nSPS) is 21.4. The molecule has 0 atom stereocenters. The Kier molecular flexibility index (Phi) is 6.44. The highest BCUT2D eigenvalue weighted by molar-refractivity contribution is 5.80. The third-order valence-corrected chi connectivity index (χ3v) is 3.59. The summed E-state index contributed by atoms with van der Waals surface area (Å²) in [5.74, 6) is 1.62. The number of aliphatic imine (C=N–C) groups is 1. The Morgan fingerprint density at radius 1 is 1.26 bits per heavy atom. The first-order valence-corrected chi connectivity index (χ1v) is 7.51. The smallest absolute Gasteiger partial charge is 0.191 e. The summed E-state index contributed by atoms with van der Waals surface area (Å²) in [6.45, 7) is 4.43. The third kappa shape index (κ3) is 6.25. The zero-order valence-corrected chi connectivity index (χ0v) is 12.0. The average molecular weight is 269 g/mol. The van der Waals surface area contributed by atoms with Crippen molar-refractivity contribution in [2.75, 3.05) is 40.0 Å². The highest BCUT2D eigenvalue weighted by atomic mass is 16.5. The lowest BCUT2D eigenvalue weighted by molar-refractivity contribution is 0.0203. The molecule has 0 bridgehead atoms. The largest absolute Gasteiger partial charge is 0.381 e. The van der Waals surface area contributed by atoms with Crippen LogP contribution in [0.2, 0.25) is 0 Å². The van der Waals surface area contributed by atoms with Gasteiger partial charge in [-0.1, -0.05) is 0 Å². The molecule has 2 aliphatic rings. The minimum absolute atomic E-state index is 0.649. The van der Waals surface area contributed by atoms with Crippen LogP contribution in [-0.4, -0.2) is 52.0 Å². The van der Waals surface area contributed by atoms with Gasteiger partial charge in [-0.2, -0.15) is 0 Å². The van der Waals surface area contributed by atoms with E-state index in [1.807, 2.05) is 7.05 Å². The maximum Gasteiger partial charge on any atom is 0.191 e. The lowest BCUT2D eigenvalue weighted by atomic mass is 10.0. The van der Waals surface area contributed by atoms with Crippen LogP contribution in [0.1, 0.15) is 32.1 Å². The van der Waals surface area contributed by atoms with E-state index in [1.54, 1.807) is 0 Å². The molecule has 1 aliphatic carbocycles. The second kappa shape index (κ2) is 8.38. The molecule has 5 nitrogen and oxygen atoms in total. The Labute approximate surface area is 116 Å². The summed E-state index contributed by atoms with van der Waals surface area (Å²) in [7, 11) is 1.82. The molecule has 0 aromatic heterocycles. The van der Waals surface area contributed by atoms with E-state index in [9.17, 15) is 0 Å². The molecular weight excluding hydrogens is 242 g/mol. The molecule has 0 radical (unpaired) electrons. The number of guanidine groups is 1. The third-order valence-electron chi connectivity index (χ3n) is 3.59. The molecule has 1 saturated carbocycles. The molecule has 2 fully saturated rings. The van der Waals surface area contributed by atoms with E-state index in [4.69, 9.17) is 9.47 Å². The van der Waals surface area contributed by atoms with Gasteiger partial charge in [0.15, 0.2) is 5.96 Å². The van der Waals surface area contributed by atoms with Gasteiger partial charge >= 0.3 is 0 Å². The second-order valence-electron chi connectivity index (χ2n) is 5.40. The molecule has 2 rings (SSSR count). The van der Waals surface area contributed by atoms with Crippen LogP contribution in [0.25, 0.3) is 0 Å². The monoisotopic (exact) mass is 269 g/mol. The van der Waals surface area contributed by atoms with Crippen molar-refractivity contribution in [2.24, 2.45) is 10.9 Å². The van der Waals surface area contributed by atoms with E-state index in [0.29, 0.717) is 12.0 Å². The van der Waals surface area contributed by atoms with Gasteiger partial charge in [-0.25, -0.2) is 0 Å². The number of nitrogens with zero attached hydrogens (tertiary/aromatic N) is 1. The molecule has 0 unspecified atom stereocenters. The summed E-state index contributed by atoms with van der Waals surface area (Å²) < 4.78 is 11.1. The summed E-state index contributed by atoms with van der Waals surface area (Å²) in [5.41, 5.74) is 0. The van der Waals surface area contributed by atoms with Crippen molar-refractivity contribution in [3.63, 3.8) is 0 Å². The van der Waals surface area contributed by atoms with Crippen LogP contribution in [-0.2, 0) is 9.47 Å². The SMILES string of the molecule is CN=C(NCCCOCC1CCOCC1)NC1CC1. The predicted molar refractivity (Wildman–Crippen MR) is 76.5 cm³/mol. The Bertz CT molecular complexity index is 274. The Morgan fingerprint density at radius 3 is 2.74 bits per heavy atom. The summed E-state index contributed by atoms with van der Waals surface area (Å²) in [5, 5.41) is 6.69. The quantitative estimate of drug-likeness (QED) is 0.413. The van der Waals surface area contributed by atoms with Crippen molar-refractivity contribution in [1.82, 2.24) is 10.6 Å². The first kappa shape index (κ1) is 14.6. The van der Waals surface area contributed by atoms with Crippen LogP contribution >= 0.6 is 0 Å². The zero-order chi connectivity index (χ0) is 13.3. The molecule has 0 spiro atoms. The van der Waals surface area contributed by atoms with E-state index in [2.05, 4.69) is 15.6 Å². The summed E-state index contributed by atoms with van der Waals surface area (Å²) in [4.78, 5) is 4.20. The molecule has 19 heavy (non-hydrogen) atoms. The molecule has 1 heterocycles. The Hall–Kier alpha value is -0.810. The molecule has 2 N–H and O–H groups in total. The molecule has 0 amide bonds. The number of hydrogen-bond donors (Lipinski definition) is 2. The van der Waals surface area contributed by atoms with E-state index in [-0.39, 0.29) is 0 Å². The zero-order valence-electron chi connectivity index (χ0n) is 12.0. The lowest BCUT2D eigenvalue weighted by Gasteiger charge is -2.21. The summed E-state index contributed by atoms with van der Waals surface area (Å²) in [6, 6.07) is 0.649. The molecule has 1 saturated heterocycles. The molecule has 0 aromatic carbocycles. The van der Waals surface area contributed by atoms with Gasteiger partial charge in [0, 0.05) is 46.1 Å². The van der Waals surface area contributed by atoms with Crippen LogP contribution in [0.3, 0.4) is 0 Å². The average Bonchev–Trinajstić information content (AvgIpc) is 3.26. The lowest BCUT2D eigenvalue weighted by Crippen LogP contribution is -2.39. The number of hydrogen-bond acceptors (Lipinski definition) is 3. The predicted octanol–water partition coefficient (Wildman–Crippen LogP) is 1.15. The van der Waals surface area contributed by atoms with Crippen LogP contribution in [0.5, 0.6) is 0 Å². The first-order chi connectivity index (χ1) is 9.38. The maximum absolute atomic E-state index is 5.73. The summed E-state index contributed by atoms with van der Waals surface area (Å²) in [6.07, 6.45) is 5.87. The molecule has 110 valence electrons. The number of rotatable bonds is 7. The molecule has 5 heteroatoms. The van der Waals surface area contributed by atoms with Gasteiger partial charge in [-0.05, 0) is 38.0 Å². The fourth-order valence-corrected chi connectivity index (χ4v) is 2.16. The number of nitrogens with one attached hydrogen (secondary N) is 2. The highest BCUT2D eigenvalue weighted by Crippen LogP contribution is 2.18. The topological polar surface area (TPSA) is 54.9 Å². The van der Waals surface area contributed by atoms with E-state index in [1.165, 1.54) is 12.8 Å². The van der Waals surface area contributed by atoms with Crippen molar-refractivity contribution in [2.45, 2.75) is 38.1 Å². The fraction of sp³-hybridized carbons (Fsp3) is 0.929. The van der Waals surface area contributed by atoms with E-state index >= 15 is 0 Å². The van der Waals surface area contributed by atoms with Gasteiger partial charge in [0.2, 0.25) is 0 Å². The van der Waals surface area contributed by atoms with Gasteiger partial charge in [-0.15, -0.1) is 0 Å². The van der Waals surface area contributed by atoms with Gasteiger partial charge in [-0.3, -0.25) is 4.99 Å². The summed E-state index contributed by atoms with van der Waals surface area (Å²) >= 11 is 0. The van der Waals surface area contributed by atoms with Gasteiger partial charge in [0.1, 0.15) is 0 Å². The van der Waals surface area contributed by atoms with Gasteiger partial charge < -0.3 is 20.1 Å². The van der Waals surface area contributed by atoms with Gasteiger partial charge in [0.05, 0.1) is 0 Å². The molecule has 1 aliphatic heterocycles. The van der Waals surface area contributed by atoms with Crippen LogP contribution < -0.4 is 10.6 Å². The van der Waals surface area contributed by atoms with Crippen molar-refractivity contribution in [3.05, 3.63) is 0 Å². The van der Waals surface area contributed by atoms with Crippen LogP contribution in [0.15, 0.2) is 4.99 Å². The maximum atomic E-state index is 5.73. The molecule has 0 aromatic rings. The standard InChI is InChI=1S/C14H27N3O2/c1-15-14(17-13-3-4-13)16-7-2-8-19-11-12-5-9-18-10-6-12/h12-13H,2-11H2,1H3,(H2,15,16,17). The van der Waals surface area contributed by atoms with Crippen molar-refractivity contribution >= 4 is 5.96 Å². The minimum atomic E-state index is 0.649. The Morgan fingerprint density at radius 2 is 2.05 bits per heavy atom. The van der Waals surface area contributed by atoms with Crippen LogP contribution in [0.4, 0.5) is 0 Å². The number of ether oxygens (including phenoxy) is 2. The second-order valence-corrected chi connectivity index (χ2v) is 5.40. The van der Waals surface area contributed by atoms with Crippen LogP contribution in [0, 0.1) is 5.92 Å². The van der Waals surface area contributed by atoms with E-state index in [0.717, 1.165) is 58.2 Å². The van der Waals surface area contributed by atoms with Crippen molar-refractivity contribution in [3.8, 4) is 0 Å². The minimum Gasteiger partial charge on any atom is -0.381 e. The Balaban J connectivity index is 1.42. The van der Waals surface area contributed by atoms with Gasteiger partial charge in [0.25, 0.3) is 0 Å². The fourth-order valence-electron chi connectivity index (χ4n) is 2.16.